The molecule has 36 heavy (non-hydrogen) atoms. The molecule has 9 heteroatoms. The number of thiophene rings is 1. The topological polar surface area (TPSA) is 104 Å². The lowest BCUT2D eigenvalue weighted by Crippen LogP contribution is -2.34. The molecule has 7 heterocycles. The predicted octanol–water partition coefficient (Wildman–Crippen LogP) is 5.42. The molecule has 178 valence electrons. The van der Waals surface area contributed by atoms with Crippen LogP contribution >= 0.6 is 11.3 Å². The number of H-pyrrole nitrogens is 2. The summed E-state index contributed by atoms with van der Waals surface area (Å²) < 4.78 is 6.20. The van der Waals surface area contributed by atoms with Crippen molar-refractivity contribution < 1.29 is 4.74 Å². The van der Waals surface area contributed by atoms with E-state index in [1.165, 1.54) is 0 Å². The summed E-state index contributed by atoms with van der Waals surface area (Å²) in [7, 11) is 0. The average molecular weight is 494 g/mol. The van der Waals surface area contributed by atoms with E-state index in [0.29, 0.717) is 0 Å². The molecule has 0 unspecified atom stereocenters. The Bertz CT molecular complexity index is 1660. The van der Waals surface area contributed by atoms with Gasteiger partial charge in [-0.15, -0.1) is 0 Å². The van der Waals surface area contributed by atoms with Crippen molar-refractivity contribution in [2.24, 2.45) is 0 Å². The fraction of sp³-hybridized carbons (Fsp3) is 0.185. The molecule has 7 rings (SSSR count). The smallest absolute Gasteiger partial charge is 0.138 e. The third-order valence-corrected chi connectivity index (χ3v) is 7.29. The standard InChI is InChI=1S/C27H23N7OS/c1-2-23-26(32-21(1)17-11-19(14-29-13-17)35-18-3-7-28-8-4-18)27(34-33-23)24-12-20-22(31-24)5-9-30-25(20)16-6-10-36-15-16/h1-2,5-6,9-15,18,28,31H,3-4,7-8H2,(H,33,34). The van der Waals surface area contributed by atoms with Crippen molar-refractivity contribution in [1.29, 1.82) is 0 Å². The highest BCUT2D eigenvalue weighted by Crippen LogP contribution is 2.34. The molecule has 1 saturated heterocycles. The van der Waals surface area contributed by atoms with Crippen molar-refractivity contribution in [2.75, 3.05) is 13.1 Å². The second-order valence-electron chi connectivity index (χ2n) is 8.96. The van der Waals surface area contributed by atoms with Gasteiger partial charge < -0.3 is 15.0 Å². The van der Waals surface area contributed by atoms with Crippen LogP contribution in [0.3, 0.4) is 0 Å². The number of ether oxygens (including phenoxy) is 1. The maximum Gasteiger partial charge on any atom is 0.138 e. The van der Waals surface area contributed by atoms with Crippen LogP contribution in [-0.4, -0.2) is 49.3 Å². The molecule has 8 nitrogen and oxygen atoms in total. The lowest BCUT2D eigenvalue weighted by Gasteiger charge is -2.23. The fourth-order valence-corrected chi connectivity index (χ4v) is 5.43. The number of nitrogens with zero attached hydrogens (tertiary/aromatic N) is 4. The first kappa shape index (κ1) is 21.2. The SMILES string of the molecule is c1cc2[nH]c(-c3n[nH]c4ccc(-c5cncc(OC6CCNCC6)c5)nc34)cc2c(-c2ccsc2)n1. The van der Waals surface area contributed by atoms with Crippen LogP contribution in [0, 0.1) is 0 Å². The summed E-state index contributed by atoms with van der Waals surface area (Å²) in [5.41, 5.74) is 8.17. The predicted molar refractivity (Wildman–Crippen MR) is 142 cm³/mol. The van der Waals surface area contributed by atoms with Gasteiger partial charge in [-0.05, 0) is 67.7 Å². The molecule has 0 saturated carbocycles. The molecule has 1 aliphatic rings. The van der Waals surface area contributed by atoms with Gasteiger partial charge >= 0.3 is 0 Å². The molecule has 0 spiro atoms. The minimum absolute atomic E-state index is 0.217. The number of aromatic nitrogens is 6. The number of aromatic amines is 2. The molecular weight excluding hydrogens is 470 g/mol. The van der Waals surface area contributed by atoms with Gasteiger partial charge in [0.1, 0.15) is 23.1 Å². The molecule has 3 N–H and O–H groups in total. The summed E-state index contributed by atoms with van der Waals surface area (Å²) in [4.78, 5) is 17.5. The fourth-order valence-electron chi connectivity index (χ4n) is 4.79. The largest absolute Gasteiger partial charge is 0.489 e. The Kier molecular flexibility index (Phi) is 5.22. The Balaban J connectivity index is 1.26. The van der Waals surface area contributed by atoms with Crippen LogP contribution < -0.4 is 10.1 Å². The Labute approximate surface area is 210 Å². The highest BCUT2D eigenvalue weighted by Gasteiger charge is 2.17. The lowest BCUT2D eigenvalue weighted by molar-refractivity contribution is 0.162. The third-order valence-electron chi connectivity index (χ3n) is 6.60. The van der Waals surface area contributed by atoms with E-state index >= 15 is 0 Å². The molecule has 6 aromatic heterocycles. The van der Waals surface area contributed by atoms with Gasteiger partial charge in [0, 0.05) is 39.8 Å². The highest BCUT2D eigenvalue weighted by atomic mass is 32.1. The Morgan fingerprint density at radius 2 is 1.89 bits per heavy atom. The number of pyridine rings is 3. The van der Waals surface area contributed by atoms with Gasteiger partial charge in [-0.25, -0.2) is 4.98 Å². The molecule has 0 amide bonds. The first-order chi connectivity index (χ1) is 17.8. The Morgan fingerprint density at radius 3 is 2.78 bits per heavy atom. The number of hydrogen-bond acceptors (Lipinski definition) is 7. The first-order valence-electron chi connectivity index (χ1n) is 12.0. The number of hydrogen-bond donors (Lipinski definition) is 3. The molecule has 0 aromatic carbocycles. The third kappa shape index (κ3) is 3.82. The monoisotopic (exact) mass is 493 g/mol. The van der Waals surface area contributed by atoms with E-state index in [2.05, 4.69) is 53.4 Å². The minimum atomic E-state index is 0.217. The van der Waals surface area contributed by atoms with Crippen molar-refractivity contribution in [1.82, 2.24) is 35.5 Å². The normalized spacial score (nSPS) is 14.6. The zero-order chi connectivity index (χ0) is 23.9. The Hall–Kier alpha value is -4.08. The van der Waals surface area contributed by atoms with Crippen LogP contribution in [0.25, 0.3) is 55.8 Å². The van der Waals surface area contributed by atoms with Gasteiger partial charge in [-0.2, -0.15) is 16.4 Å². The summed E-state index contributed by atoms with van der Waals surface area (Å²) in [5.74, 6) is 0.776. The van der Waals surface area contributed by atoms with Crippen LogP contribution in [-0.2, 0) is 0 Å². The zero-order valence-corrected chi connectivity index (χ0v) is 20.2. The second kappa shape index (κ2) is 8.85. The van der Waals surface area contributed by atoms with Crippen LogP contribution in [0.5, 0.6) is 5.75 Å². The van der Waals surface area contributed by atoms with E-state index in [1.54, 1.807) is 17.5 Å². The van der Waals surface area contributed by atoms with Crippen LogP contribution in [0.2, 0.25) is 0 Å². The Morgan fingerprint density at radius 1 is 0.944 bits per heavy atom. The molecule has 0 bridgehead atoms. The van der Waals surface area contributed by atoms with Crippen LogP contribution in [0.4, 0.5) is 0 Å². The van der Waals surface area contributed by atoms with Gasteiger partial charge in [0.15, 0.2) is 0 Å². The molecule has 0 aliphatic carbocycles. The lowest BCUT2D eigenvalue weighted by atomic mass is 10.1. The van der Waals surface area contributed by atoms with Crippen LogP contribution in [0.15, 0.2) is 65.7 Å². The summed E-state index contributed by atoms with van der Waals surface area (Å²) >= 11 is 1.67. The number of rotatable bonds is 5. The van der Waals surface area contributed by atoms with Crippen molar-refractivity contribution in [3.8, 4) is 39.7 Å². The van der Waals surface area contributed by atoms with Gasteiger partial charge in [-0.1, -0.05) is 0 Å². The second-order valence-corrected chi connectivity index (χ2v) is 9.74. The van der Waals surface area contributed by atoms with Crippen LogP contribution in [0.1, 0.15) is 12.8 Å². The molecule has 1 fully saturated rings. The van der Waals surface area contributed by atoms with E-state index in [9.17, 15) is 0 Å². The van der Waals surface area contributed by atoms with Crippen molar-refractivity contribution >= 4 is 33.3 Å². The minimum Gasteiger partial charge on any atom is -0.489 e. The molecule has 0 atom stereocenters. The van der Waals surface area contributed by atoms with Gasteiger partial charge in [0.2, 0.25) is 0 Å². The first-order valence-corrected chi connectivity index (χ1v) is 12.9. The van der Waals surface area contributed by atoms with E-state index in [4.69, 9.17) is 9.72 Å². The number of piperidine rings is 1. The highest BCUT2D eigenvalue weighted by molar-refractivity contribution is 7.08. The quantitative estimate of drug-likeness (QED) is 0.296. The van der Waals surface area contributed by atoms with Crippen molar-refractivity contribution in [3.05, 3.63) is 65.7 Å². The summed E-state index contributed by atoms with van der Waals surface area (Å²) in [6.45, 7) is 1.97. The maximum absolute atomic E-state index is 6.20. The number of fused-ring (bicyclic) bond motifs is 2. The van der Waals surface area contributed by atoms with Gasteiger partial charge in [0.25, 0.3) is 0 Å². The van der Waals surface area contributed by atoms with E-state index in [-0.39, 0.29) is 6.10 Å². The van der Waals surface area contributed by atoms with Gasteiger partial charge in [0.05, 0.1) is 28.8 Å². The van der Waals surface area contributed by atoms with E-state index in [0.717, 1.165) is 87.5 Å². The molecule has 6 aromatic rings. The van der Waals surface area contributed by atoms with Crippen molar-refractivity contribution in [2.45, 2.75) is 18.9 Å². The van der Waals surface area contributed by atoms with E-state index < -0.39 is 0 Å². The number of nitrogens with one attached hydrogen (secondary N) is 3. The van der Waals surface area contributed by atoms with Gasteiger partial charge in [-0.3, -0.25) is 15.1 Å². The van der Waals surface area contributed by atoms with Crippen molar-refractivity contribution in [3.63, 3.8) is 0 Å². The summed E-state index contributed by atoms with van der Waals surface area (Å²) in [6.07, 6.45) is 7.65. The summed E-state index contributed by atoms with van der Waals surface area (Å²) in [6, 6.07) is 12.2. The molecule has 0 radical (unpaired) electrons. The molecular formula is C27H23N7OS. The maximum atomic E-state index is 6.20. The van der Waals surface area contributed by atoms with E-state index in [1.807, 2.05) is 36.7 Å². The molecule has 1 aliphatic heterocycles. The summed E-state index contributed by atoms with van der Waals surface area (Å²) in [5, 5.41) is 16.3. The average Bonchev–Trinajstić information content (AvgIpc) is 3.68. The zero-order valence-electron chi connectivity index (χ0n) is 19.4.